The van der Waals surface area contributed by atoms with Gasteiger partial charge in [0.1, 0.15) is 11.2 Å². The third-order valence-corrected chi connectivity index (χ3v) is 7.75. The third kappa shape index (κ3) is 4.65. The van der Waals surface area contributed by atoms with Crippen LogP contribution in [0.25, 0.3) is 22.2 Å². The molecule has 0 spiro atoms. The first-order valence-electron chi connectivity index (χ1n) is 11.3. The molecule has 0 bridgehead atoms. The van der Waals surface area contributed by atoms with Crippen molar-refractivity contribution in [2.24, 2.45) is 18.9 Å². The fourth-order valence-electron chi connectivity index (χ4n) is 4.33. The van der Waals surface area contributed by atoms with Crippen molar-refractivity contribution in [3.8, 4) is 17.1 Å². The van der Waals surface area contributed by atoms with Gasteiger partial charge in [-0.25, -0.2) is 22.7 Å². The van der Waals surface area contributed by atoms with Gasteiger partial charge in [0.15, 0.2) is 0 Å². The minimum Gasteiger partial charge on any atom is -0.476 e. The highest BCUT2D eigenvalue weighted by molar-refractivity contribution is 7.88. The van der Waals surface area contributed by atoms with Gasteiger partial charge >= 0.3 is 0 Å². The molecule has 5 rings (SSSR count). The Labute approximate surface area is 192 Å². The summed E-state index contributed by atoms with van der Waals surface area (Å²) >= 11 is 0. The molecule has 2 aliphatic rings. The van der Waals surface area contributed by atoms with E-state index in [0.29, 0.717) is 66.1 Å². The summed E-state index contributed by atoms with van der Waals surface area (Å²) in [5.74, 6) is 1.32. The van der Waals surface area contributed by atoms with Crippen LogP contribution in [-0.2, 0) is 23.6 Å². The van der Waals surface area contributed by atoms with Gasteiger partial charge in [0.25, 0.3) is 5.56 Å². The Hall–Kier alpha value is -2.79. The summed E-state index contributed by atoms with van der Waals surface area (Å²) in [5.41, 5.74) is 1.72. The second kappa shape index (κ2) is 8.53. The molecule has 0 amide bonds. The van der Waals surface area contributed by atoms with Crippen LogP contribution in [0.2, 0.25) is 0 Å². The molecule has 33 heavy (non-hydrogen) atoms. The molecule has 0 aromatic carbocycles. The summed E-state index contributed by atoms with van der Waals surface area (Å²) in [6.45, 7) is 2.26. The lowest BCUT2D eigenvalue weighted by Crippen LogP contribution is -2.38. The van der Waals surface area contributed by atoms with E-state index in [0.717, 1.165) is 12.8 Å². The Kier molecular flexibility index (Phi) is 5.69. The molecule has 176 valence electrons. The molecule has 0 N–H and O–H groups in total. The van der Waals surface area contributed by atoms with Crippen LogP contribution in [0.3, 0.4) is 0 Å². The number of aromatic nitrogens is 5. The predicted molar refractivity (Wildman–Crippen MR) is 123 cm³/mol. The van der Waals surface area contributed by atoms with Gasteiger partial charge in [-0.1, -0.05) is 0 Å². The van der Waals surface area contributed by atoms with Crippen LogP contribution in [0.15, 0.2) is 29.6 Å². The smallest absolute Gasteiger partial charge is 0.261 e. The van der Waals surface area contributed by atoms with Gasteiger partial charge in [0, 0.05) is 51.5 Å². The Morgan fingerprint density at radius 3 is 2.48 bits per heavy atom. The van der Waals surface area contributed by atoms with E-state index >= 15 is 0 Å². The van der Waals surface area contributed by atoms with Crippen molar-refractivity contribution >= 4 is 20.9 Å². The maximum absolute atomic E-state index is 12.8. The molecule has 11 heteroatoms. The summed E-state index contributed by atoms with van der Waals surface area (Å²) in [4.78, 5) is 21.7. The molecule has 4 heterocycles. The van der Waals surface area contributed by atoms with E-state index < -0.39 is 10.0 Å². The zero-order valence-corrected chi connectivity index (χ0v) is 19.7. The summed E-state index contributed by atoms with van der Waals surface area (Å²) in [7, 11) is -1.44. The van der Waals surface area contributed by atoms with Gasteiger partial charge in [-0.15, -0.1) is 0 Å². The summed E-state index contributed by atoms with van der Waals surface area (Å²) in [6, 6.07) is 0. The van der Waals surface area contributed by atoms with Crippen LogP contribution in [0.4, 0.5) is 0 Å². The average molecular weight is 473 g/mol. The van der Waals surface area contributed by atoms with Gasteiger partial charge in [-0.05, 0) is 37.5 Å². The fraction of sp³-hybridized carbons (Fsp3) is 0.545. The molecule has 3 aromatic heterocycles. The number of hydrogen-bond acceptors (Lipinski definition) is 7. The number of nitrogens with zero attached hydrogens (tertiary/aromatic N) is 6. The van der Waals surface area contributed by atoms with Crippen molar-refractivity contribution < 1.29 is 13.2 Å². The summed E-state index contributed by atoms with van der Waals surface area (Å²) in [6.07, 6.45) is 11.9. The number of sulfonamides is 1. The quantitative estimate of drug-likeness (QED) is 0.514. The van der Waals surface area contributed by atoms with E-state index in [2.05, 4.69) is 9.97 Å². The first-order valence-corrected chi connectivity index (χ1v) is 13.1. The fourth-order valence-corrected chi connectivity index (χ4v) is 5.21. The highest BCUT2D eigenvalue weighted by atomic mass is 32.2. The van der Waals surface area contributed by atoms with Crippen molar-refractivity contribution in [2.75, 3.05) is 26.0 Å². The van der Waals surface area contributed by atoms with E-state index in [-0.39, 0.29) is 5.56 Å². The number of fused-ring (bicyclic) bond motifs is 1. The van der Waals surface area contributed by atoms with Gasteiger partial charge < -0.3 is 9.30 Å². The largest absolute Gasteiger partial charge is 0.476 e. The Bertz CT molecular complexity index is 1340. The molecular formula is C22H28N6O4S. The lowest BCUT2D eigenvalue weighted by molar-refractivity contribution is 0.248. The second-order valence-corrected chi connectivity index (χ2v) is 11.1. The zero-order chi connectivity index (χ0) is 23.2. The lowest BCUT2D eigenvalue weighted by Gasteiger charge is -2.30. The summed E-state index contributed by atoms with van der Waals surface area (Å²) in [5, 5.41) is 5.27. The Morgan fingerprint density at radius 2 is 1.79 bits per heavy atom. The van der Waals surface area contributed by atoms with E-state index in [9.17, 15) is 13.2 Å². The monoisotopic (exact) mass is 472 g/mol. The minimum atomic E-state index is -3.16. The highest BCUT2D eigenvalue weighted by Gasteiger charge is 2.27. The molecule has 2 fully saturated rings. The molecule has 1 saturated heterocycles. The first-order chi connectivity index (χ1) is 15.8. The van der Waals surface area contributed by atoms with Crippen molar-refractivity contribution in [1.29, 1.82) is 0 Å². The maximum atomic E-state index is 12.8. The number of ether oxygens (including phenoxy) is 1. The van der Waals surface area contributed by atoms with Gasteiger partial charge in [-0.3, -0.25) is 9.48 Å². The van der Waals surface area contributed by atoms with Gasteiger partial charge in [0.05, 0.1) is 23.8 Å². The number of hydrogen-bond donors (Lipinski definition) is 0. The Balaban J connectivity index is 1.45. The average Bonchev–Trinajstić information content (AvgIpc) is 3.53. The second-order valence-electron chi connectivity index (χ2n) is 9.14. The van der Waals surface area contributed by atoms with Crippen LogP contribution in [0.5, 0.6) is 5.88 Å². The molecule has 0 atom stereocenters. The molecule has 0 unspecified atom stereocenters. The molecule has 0 radical (unpaired) electrons. The number of pyridine rings is 1. The molecule has 3 aromatic rings. The Morgan fingerprint density at radius 1 is 1.06 bits per heavy atom. The van der Waals surface area contributed by atoms with Crippen molar-refractivity contribution in [1.82, 2.24) is 28.6 Å². The first kappa shape index (κ1) is 22.0. The SMILES string of the molecule is Cn1cc(-c2nccnc2OCC2CC2)c2nn(CC3CCN(S(C)(=O)=O)CC3)cc2c1=O. The van der Waals surface area contributed by atoms with E-state index in [1.165, 1.54) is 28.0 Å². The standard InChI is InChI=1S/C22H28N6O4S/c1-26-12-17(20-21(24-8-7-23-20)32-14-16-3-4-16)19-18(22(26)29)13-27(25-19)11-15-5-9-28(10-6-15)33(2,30)31/h7-8,12-13,15-16H,3-6,9-11,14H2,1-2H3. The van der Waals surface area contributed by atoms with E-state index in [4.69, 9.17) is 9.84 Å². The van der Waals surface area contributed by atoms with E-state index in [1.807, 2.05) is 0 Å². The summed E-state index contributed by atoms with van der Waals surface area (Å²) < 4.78 is 34.4. The van der Waals surface area contributed by atoms with Crippen molar-refractivity contribution in [3.05, 3.63) is 35.1 Å². The molecule has 1 aliphatic heterocycles. The number of piperidine rings is 1. The van der Waals surface area contributed by atoms with Crippen molar-refractivity contribution in [2.45, 2.75) is 32.2 Å². The molecule has 1 saturated carbocycles. The number of aryl methyl sites for hydroxylation is 1. The van der Waals surface area contributed by atoms with E-state index in [1.54, 1.807) is 36.5 Å². The topological polar surface area (TPSA) is 112 Å². The highest BCUT2D eigenvalue weighted by Crippen LogP contribution is 2.33. The zero-order valence-electron chi connectivity index (χ0n) is 18.8. The van der Waals surface area contributed by atoms with Crippen LogP contribution in [-0.4, -0.2) is 63.0 Å². The number of rotatable bonds is 7. The molecule has 10 nitrogen and oxygen atoms in total. The third-order valence-electron chi connectivity index (χ3n) is 6.45. The van der Waals surface area contributed by atoms with Gasteiger partial charge in [0.2, 0.25) is 15.9 Å². The van der Waals surface area contributed by atoms with Crippen LogP contribution in [0, 0.1) is 11.8 Å². The van der Waals surface area contributed by atoms with Gasteiger partial charge in [-0.2, -0.15) is 5.10 Å². The maximum Gasteiger partial charge on any atom is 0.261 e. The van der Waals surface area contributed by atoms with Crippen LogP contribution in [0.1, 0.15) is 25.7 Å². The van der Waals surface area contributed by atoms with Crippen molar-refractivity contribution in [3.63, 3.8) is 0 Å². The van der Waals surface area contributed by atoms with Crippen LogP contribution >= 0.6 is 0 Å². The lowest BCUT2D eigenvalue weighted by atomic mass is 9.98. The molecule has 1 aliphatic carbocycles. The minimum absolute atomic E-state index is 0.128. The van der Waals surface area contributed by atoms with Crippen LogP contribution < -0.4 is 10.3 Å². The predicted octanol–water partition coefficient (Wildman–Crippen LogP) is 1.65. The molecular weight excluding hydrogens is 444 g/mol. The normalized spacial score (nSPS) is 18.1.